The van der Waals surface area contributed by atoms with Crippen LogP contribution < -0.4 is 0 Å². The van der Waals surface area contributed by atoms with Crippen LogP contribution in [0.4, 0.5) is 0 Å². The molecule has 0 spiro atoms. The van der Waals surface area contributed by atoms with Crippen molar-refractivity contribution < 1.29 is 0 Å². The summed E-state index contributed by atoms with van der Waals surface area (Å²) < 4.78 is 1.77. The molecule has 4 heteroatoms. The van der Waals surface area contributed by atoms with Crippen molar-refractivity contribution in [2.24, 2.45) is 0 Å². The van der Waals surface area contributed by atoms with Crippen LogP contribution in [0.15, 0.2) is 6.33 Å². The van der Waals surface area contributed by atoms with Crippen molar-refractivity contribution in [2.45, 2.75) is 19.3 Å². The smallest absolute Gasteiger partial charge is 0.141 e. The normalized spacial score (nSPS) is 10.0. The average molecular weight is 146 g/mol. The summed E-state index contributed by atoms with van der Waals surface area (Å²) in [5.74, 6) is 1.27. The molecule has 0 atom stereocenters. The minimum absolute atomic E-state index is 0.438. The number of alkyl halides is 1. The van der Waals surface area contributed by atoms with E-state index in [0.29, 0.717) is 5.88 Å². The first kappa shape index (κ1) is 6.55. The third-order valence-corrected chi connectivity index (χ3v) is 1.35. The van der Waals surface area contributed by atoms with Crippen molar-refractivity contribution in [3.8, 4) is 0 Å². The maximum atomic E-state index is 5.53. The number of hydrogen-bond donors (Lipinski definition) is 0. The van der Waals surface area contributed by atoms with E-state index in [-0.39, 0.29) is 0 Å². The Bertz CT molecular complexity index is 166. The Balaban J connectivity index is 2.85. The third kappa shape index (κ3) is 1.21. The average Bonchev–Trinajstić information content (AvgIpc) is 2.33. The summed E-state index contributed by atoms with van der Waals surface area (Å²) >= 11 is 5.53. The lowest BCUT2D eigenvalue weighted by Crippen LogP contribution is -2.00. The van der Waals surface area contributed by atoms with Crippen molar-refractivity contribution >= 4 is 11.6 Å². The van der Waals surface area contributed by atoms with Gasteiger partial charge in [-0.2, -0.15) is 5.10 Å². The Morgan fingerprint density at radius 1 is 1.78 bits per heavy atom. The minimum Gasteiger partial charge on any atom is -0.249 e. The molecule has 0 unspecified atom stereocenters. The lowest BCUT2D eigenvalue weighted by molar-refractivity contribution is 0.632. The number of aryl methyl sites for hydroxylation is 1. The second-order valence-corrected chi connectivity index (χ2v) is 1.89. The highest BCUT2D eigenvalue weighted by Crippen LogP contribution is 1.96. The van der Waals surface area contributed by atoms with Crippen LogP contribution in [-0.2, 0) is 12.4 Å². The van der Waals surface area contributed by atoms with Gasteiger partial charge in [-0.1, -0.05) is 0 Å². The summed E-state index contributed by atoms with van der Waals surface area (Å²) in [4.78, 5) is 3.93. The van der Waals surface area contributed by atoms with E-state index < -0.39 is 0 Å². The zero-order chi connectivity index (χ0) is 6.69. The standard InChI is InChI=1S/C5H8ClN3/c1-2-9-5(3-6)7-4-8-9/h4H,2-3H2,1H3. The molecule has 0 saturated heterocycles. The van der Waals surface area contributed by atoms with Gasteiger partial charge in [0.15, 0.2) is 0 Å². The first-order chi connectivity index (χ1) is 4.38. The van der Waals surface area contributed by atoms with Gasteiger partial charge in [-0.25, -0.2) is 9.67 Å². The van der Waals surface area contributed by atoms with E-state index in [9.17, 15) is 0 Å². The third-order valence-electron chi connectivity index (χ3n) is 1.11. The van der Waals surface area contributed by atoms with Crippen LogP contribution in [0, 0.1) is 0 Å². The van der Waals surface area contributed by atoms with Crippen LogP contribution in [0.2, 0.25) is 0 Å². The maximum Gasteiger partial charge on any atom is 0.141 e. The predicted octanol–water partition coefficient (Wildman–Crippen LogP) is 1.04. The Kier molecular flexibility index (Phi) is 2.05. The molecular weight excluding hydrogens is 138 g/mol. The van der Waals surface area contributed by atoms with E-state index in [4.69, 9.17) is 11.6 Å². The molecule has 0 fully saturated rings. The van der Waals surface area contributed by atoms with Crippen LogP contribution in [0.1, 0.15) is 12.7 Å². The highest BCUT2D eigenvalue weighted by Gasteiger charge is 1.97. The van der Waals surface area contributed by atoms with Gasteiger partial charge in [0, 0.05) is 6.54 Å². The lowest BCUT2D eigenvalue weighted by Gasteiger charge is -1.95. The molecule has 0 radical (unpaired) electrons. The molecule has 1 aromatic rings. The van der Waals surface area contributed by atoms with Gasteiger partial charge >= 0.3 is 0 Å². The maximum absolute atomic E-state index is 5.53. The molecular formula is C5H8ClN3. The van der Waals surface area contributed by atoms with Gasteiger partial charge in [0.25, 0.3) is 0 Å². The van der Waals surface area contributed by atoms with Crippen molar-refractivity contribution in [1.82, 2.24) is 14.8 Å². The molecule has 0 aliphatic carbocycles. The molecule has 0 aromatic carbocycles. The second kappa shape index (κ2) is 2.82. The fourth-order valence-electron chi connectivity index (χ4n) is 0.656. The summed E-state index contributed by atoms with van der Waals surface area (Å²) in [6.07, 6.45) is 1.52. The molecule has 0 aliphatic heterocycles. The van der Waals surface area contributed by atoms with E-state index in [2.05, 4.69) is 10.1 Å². The minimum atomic E-state index is 0.438. The zero-order valence-corrected chi connectivity index (χ0v) is 5.97. The Labute approximate surface area is 58.7 Å². The van der Waals surface area contributed by atoms with Gasteiger partial charge in [0.05, 0.1) is 5.88 Å². The zero-order valence-electron chi connectivity index (χ0n) is 5.21. The van der Waals surface area contributed by atoms with Crippen LogP contribution in [0.25, 0.3) is 0 Å². The van der Waals surface area contributed by atoms with Crippen LogP contribution in [0.5, 0.6) is 0 Å². The first-order valence-electron chi connectivity index (χ1n) is 2.81. The molecule has 9 heavy (non-hydrogen) atoms. The van der Waals surface area contributed by atoms with Gasteiger partial charge in [0.1, 0.15) is 12.2 Å². The van der Waals surface area contributed by atoms with Crippen molar-refractivity contribution in [3.63, 3.8) is 0 Å². The Hall–Kier alpha value is -0.570. The van der Waals surface area contributed by atoms with Gasteiger partial charge < -0.3 is 0 Å². The van der Waals surface area contributed by atoms with Crippen molar-refractivity contribution in [3.05, 3.63) is 12.2 Å². The summed E-state index contributed by atoms with van der Waals surface area (Å²) in [7, 11) is 0. The molecule has 50 valence electrons. The highest BCUT2D eigenvalue weighted by atomic mass is 35.5. The topological polar surface area (TPSA) is 30.7 Å². The molecule has 3 nitrogen and oxygen atoms in total. The summed E-state index contributed by atoms with van der Waals surface area (Å²) in [6, 6.07) is 0. The van der Waals surface area contributed by atoms with E-state index in [1.165, 1.54) is 6.33 Å². The van der Waals surface area contributed by atoms with E-state index in [1.54, 1.807) is 4.68 Å². The van der Waals surface area contributed by atoms with E-state index in [1.807, 2.05) is 6.92 Å². The van der Waals surface area contributed by atoms with Crippen LogP contribution >= 0.6 is 11.6 Å². The van der Waals surface area contributed by atoms with Gasteiger partial charge in [-0.05, 0) is 6.92 Å². The number of rotatable bonds is 2. The quantitative estimate of drug-likeness (QED) is 0.583. The van der Waals surface area contributed by atoms with Crippen LogP contribution in [0.3, 0.4) is 0 Å². The van der Waals surface area contributed by atoms with E-state index in [0.717, 1.165) is 12.4 Å². The largest absolute Gasteiger partial charge is 0.249 e. The predicted molar refractivity (Wildman–Crippen MR) is 35.3 cm³/mol. The van der Waals surface area contributed by atoms with Gasteiger partial charge in [-0.15, -0.1) is 11.6 Å². The Morgan fingerprint density at radius 2 is 2.56 bits per heavy atom. The summed E-state index contributed by atoms with van der Waals surface area (Å²) in [5, 5.41) is 3.93. The summed E-state index contributed by atoms with van der Waals surface area (Å²) in [5.41, 5.74) is 0. The number of halogens is 1. The first-order valence-corrected chi connectivity index (χ1v) is 3.34. The SMILES string of the molecule is CCn1ncnc1CCl. The molecule has 1 heterocycles. The van der Waals surface area contributed by atoms with Crippen LogP contribution in [-0.4, -0.2) is 14.8 Å². The second-order valence-electron chi connectivity index (χ2n) is 1.63. The molecule has 0 saturated carbocycles. The molecule has 0 N–H and O–H groups in total. The van der Waals surface area contributed by atoms with Gasteiger partial charge in [0.2, 0.25) is 0 Å². The van der Waals surface area contributed by atoms with Crippen molar-refractivity contribution in [2.75, 3.05) is 0 Å². The fraction of sp³-hybridized carbons (Fsp3) is 0.600. The molecule has 0 amide bonds. The molecule has 0 aliphatic rings. The van der Waals surface area contributed by atoms with E-state index >= 15 is 0 Å². The lowest BCUT2D eigenvalue weighted by atomic mass is 10.6. The monoisotopic (exact) mass is 145 g/mol. The van der Waals surface area contributed by atoms with Gasteiger partial charge in [-0.3, -0.25) is 0 Å². The molecule has 1 aromatic heterocycles. The number of nitrogens with zero attached hydrogens (tertiary/aromatic N) is 3. The number of hydrogen-bond acceptors (Lipinski definition) is 2. The Morgan fingerprint density at radius 3 is 3.00 bits per heavy atom. The highest BCUT2D eigenvalue weighted by molar-refractivity contribution is 6.16. The van der Waals surface area contributed by atoms with Crippen molar-refractivity contribution in [1.29, 1.82) is 0 Å². The molecule has 1 rings (SSSR count). The fourth-order valence-corrected chi connectivity index (χ4v) is 0.863. The molecule has 0 bridgehead atoms. The summed E-state index contributed by atoms with van der Waals surface area (Å²) in [6.45, 7) is 2.84. The number of aromatic nitrogens is 3.